The van der Waals surface area contributed by atoms with Crippen LogP contribution in [-0.4, -0.2) is 34.2 Å². The van der Waals surface area contributed by atoms with Gasteiger partial charge in [0, 0.05) is 16.2 Å². The summed E-state index contributed by atoms with van der Waals surface area (Å²) in [7, 11) is 3.25. The van der Waals surface area contributed by atoms with Gasteiger partial charge in [-0.2, -0.15) is 0 Å². The van der Waals surface area contributed by atoms with Gasteiger partial charge in [-0.3, -0.25) is 0 Å². The van der Waals surface area contributed by atoms with Gasteiger partial charge in [0.05, 0.1) is 31.5 Å². The summed E-state index contributed by atoms with van der Waals surface area (Å²) >= 11 is 3.60. The van der Waals surface area contributed by atoms with Crippen molar-refractivity contribution in [2.75, 3.05) is 19.5 Å². The first-order valence-electron chi connectivity index (χ1n) is 9.93. The maximum absolute atomic E-state index is 5.55. The van der Waals surface area contributed by atoms with E-state index in [0.29, 0.717) is 23.4 Å². The lowest BCUT2D eigenvalue weighted by Crippen LogP contribution is -2.10. The summed E-state index contributed by atoms with van der Waals surface area (Å²) in [5, 5.41) is 12.3. The summed E-state index contributed by atoms with van der Waals surface area (Å²) < 4.78 is 13.7. The smallest absolute Gasteiger partial charge is 0.160 e. The second-order valence-corrected chi connectivity index (χ2v) is 7.88. The number of rotatable bonds is 9. The topological polar surface area (TPSA) is 74.1 Å². The van der Waals surface area contributed by atoms with Gasteiger partial charge < -0.3 is 14.8 Å². The summed E-state index contributed by atoms with van der Waals surface area (Å²) in [6, 6.07) is 6.09. The average molecular weight is 462 g/mol. The van der Waals surface area contributed by atoms with Gasteiger partial charge >= 0.3 is 0 Å². The van der Waals surface area contributed by atoms with E-state index >= 15 is 0 Å². The Morgan fingerprint density at radius 2 is 1.97 bits per heavy atom. The first-order valence-corrected chi connectivity index (χ1v) is 10.7. The Morgan fingerprint density at radius 3 is 2.62 bits per heavy atom. The molecule has 0 spiro atoms. The van der Waals surface area contributed by atoms with Gasteiger partial charge in [-0.15, -0.1) is 5.10 Å². The molecule has 0 amide bonds. The van der Waals surface area contributed by atoms with Crippen LogP contribution >= 0.6 is 15.9 Å². The summed E-state index contributed by atoms with van der Waals surface area (Å²) in [6.07, 6.45) is 4.45. The third-order valence-electron chi connectivity index (χ3n) is 5.02. The molecule has 8 heteroatoms. The predicted octanol–water partition coefficient (Wildman–Crippen LogP) is 5.80. The number of nitrogens with zero attached hydrogens (tertiary/aromatic N) is 4. The quantitative estimate of drug-likeness (QED) is 0.433. The fourth-order valence-electron chi connectivity index (χ4n) is 3.44. The lowest BCUT2D eigenvalue weighted by atomic mass is 10.1. The van der Waals surface area contributed by atoms with Crippen LogP contribution in [0, 0.1) is 6.92 Å². The number of hydrogen-bond acceptors (Lipinski definition) is 6. The van der Waals surface area contributed by atoms with E-state index < -0.39 is 0 Å². The fraction of sp³-hybridized carbons (Fsp3) is 0.476. The van der Waals surface area contributed by atoms with Crippen LogP contribution in [0.5, 0.6) is 11.5 Å². The highest BCUT2D eigenvalue weighted by Crippen LogP contribution is 2.39. The molecule has 0 aliphatic carbocycles. The van der Waals surface area contributed by atoms with E-state index in [0.717, 1.165) is 39.7 Å². The largest absolute Gasteiger partial charge is 0.497 e. The van der Waals surface area contributed by atoms with Gasteiger partial charge in [0.2, 0.25) is 0 Å². The maximum Gasteiger partial charge on any atom is 0.160 e. The first kappa shape index (κ1) is 21.4. The van der Waals surface area contributed by atoms with E-state index in [1.165, 1.54) is 12.8 Å². The number of unbranched alkanes of at least 4 members (excludes halogenated alkanes) is 1. The standard InChI is InChI=1S/C21H28BrN5O2/c1-6-8-9-14(7-2)27-17-10-13(3)23-21(20(17)25-26-27)24-19-16(22)11-15(28-4)12-18(19)29-5/h10-12,14H,6-9H2,1-5H3,(H,23,24). The molecule has 0 radical (unpaired) electrons. The second kappa shape index (κ2) is 9.43. The molecule has 0 bridgehead atoms. The van der Waals surface area contributed by atoms with Crippen molar-refractivity contribution in [3.8, 4) is 11.5 Å². The summed E-state index contributed by atoms with van der Waals surface area (Å²) in [6.45, 7) is 6.39. The molecule has 156 valence electrons. The number of hydrogen-bond donors (Lipinski definition) is 1. The molecule has 3 aromatic rings. The van der Waals surface area contributed by atoms with Crippen LogP contribution in [0.3, 0.4) is 0 Å². The van der Waals surface area contributed by atoms with Crippen molar-refractivity contribution in [1.29, 1.82) is 0 Å². The zero-order chi connectivity index (χ0) is 21.0. The highest BCUT2D eigenvalue weighted by Gasteiger charge is 2.19. The van der Waals surface area contributed by atoms with E-state index in [9.17, 15) is 0 Å². The Labute approximate surface area is 179 Å². The van der Waals surface area contributed by atoms with Gasteiger partial charge in [0.1, 0.15) is 11.5 Å². The lowest BCUT2D eigenvalue weighted by Gasteiger charge is -2.17. The SMILES string of the molecule is CCCCC(CC)n1nnc2c(Nc3c(Br)cc(OC)cc3OC)nc(C)cc21. The third kappa shape index (κ3) is 4.47. The minimum atomic E-state index is 0.330. The van der Waals surface area contributed by atoms with Crippen LogP contribution < -0.4 is 14.8 Å². The summed E-state index contributed by atoms with van der Waals surface area (Å²) in [5.74, 6) is 2.00. The van der Waals surface area contributed by atoms with Crippen molar-refractivity contribution in [2.45, 2.75) is 52.5 Å². The van der Waals surface area contributed by atoms with Crippen molar-refractivity contribution in [3.63, 3.8) is 0 Å². The Balaban J connectivity index is 2.06. The van der Waals surface area contributed by atoms with E-state index in [2.05, 4.69) is 56.5 Å². The molecule has 0 aliphatic rings. The number of anilines is 2. The zero-order valence-corrected chi connectivity index (χ0v) is 19.2. The molecule has 1 N–H and O–H groups in total. The highest BCUT2D eigenvalue weighted by molar-refractivity contribution is 9.10. The molecule has 0 saturated heterocycles. The molecule has 3 rings (SSSR count). The monoisotopic (exact) mass is 461 g/mol. The van der Waals surface area contributed by atoms with Gasteiger partial charge in [0.15, 0.2) is 11.3 Å². The molecule has 0 saturated carbocycles. The molecule has 0 fully saturated rings. The molecular weight excluding hydrogens is 434 g/mol. The zero-order valence-electron chi connectivity index (χ0n) is 17.6. The third-order valence-corrected chi connectivity index (χ3v) is 5.65. The Hall–Kier alpha value is -2.35. The number of aromatic nitrogens is 4. The van der Waals surface area contributed by atoms with E-state index in [1.54, 1.807) is 14.2 Å². The van der Waals surface area contributed by atoms with Gasteiger partial charge in [0.25, 0.3) is 0 Å². The first-order chi connectivity index (χ1) is 14.0. The van der Waals surface area contributed by atoms with Gasteiger partial charge in [-0.05, 0) is 47.8 Å². The average Bonchev–Trinajstić information content (AvgIpc) is 3.13. The number of aryl methyl sites for hydroxylation is 1. The molecule has 1 atom stereocenters. The highest BCUT2D eigenvalue weighted by atomic mass is 79.9. The van der Waals surface area contributed by atoms with E-state index in [-0.39, 0.29) is 0 Å². The maximum atomic E-state index is 5.55. The number of benzene rings is 1. The van der Waals surface area contributed by atoms with Gasteiger partial charge in [-0.1, -0.05) is 31.9 Å². The van der Waals surface area contributed by atoms with E-state index in [1.807, 2.05) is 23.7 Å². The van der Waals surface area contributed by atoms with Crippen LogP contribution in [0.25, 0.3) is 11.0 Å². The molecule has 2 heterocycles. The fourth-order valence-corrected chi connectivity index (χ4v) is 3.96. The Morgan fingerprint density at radius 1 is 1.17 bits per heavy atom. The number of methoxy groups -OCH3 is 2. The second-order valence-electron chi connectivity index (χ2n) is 7.03. The minimum Gasteiger partial charge on any atom is -0.497 e. The van der Waals surface area contributed by atoms with Crippen molar-refractivity contribution in [1.82, 2.24) is 20.0 Å². The molecule has 0 aliphatic heterocycles. The molecule has 7 nitrogen and oxygen atoms in total. The number of fused-ring (bicyclic) bond motifs is 1. The number of halogens is 1. The Bertz CT molecular complexity index is 989. The molecule has 29 heavy (non-hydrogen) atoms. The number of pyridine rings is 1. The van der Waals surface area contributed by atoms with E-state index in [4.69, 9.17) is 9.47 Å². The Kier molecular flexibility index (Phi) is 6.95. The summed E-state index contributed by atoms with van der Waals surface area (Å²) in [5.41, 5.74) is 3.40. The van der Waals surface area contributed by atoms with Crippen LogP contribution in [0.1, 0.15) is 51.3 Å². The minimum absolute atomic E-state index is 0.330. The van der Waals surface area contributed by atoms with Crippen molar-refractivity contribution in [2.24, 2.45) is 0 Å². The predicted molar refractivity (Wildman–Crippen MR) is 119 cm³/mol. The number of nitrogens with one attached hydrogen (secondary N) is 1. The molecule has 2 aromatic heterocycles. The van der Waals surface area contributed by atoms with Crippen LogP contribution in [0.2, 0.25) is 0 Å². The molecule has 1 aromatic carbocycles. The van der Waals surface area contributed by atoms with Crippen molar-refractivity contribution < 1.29 is 9.47 Å². The van der Waals surface area contributed by atoms with Crippen molar-refractivity contribution in [3.05, 3.63) is 28.4 Å². The lowest BCUT2D eigenvalue weighted by molar-refractivity contribution is 0.395. The van der Waals surface area contributed by atoms with Gasteiger partial charge in [-0.25, -0.2) is 9.67 Å². The van der Waals surface area contributed by atoms with Crippen molar-refractivity contribution >= 4 is 38.5 Å². The van der Waals surface area contributed by atoms with Crippen LogP contribution in [0.15, 0.2) is 22.7 Å². The van der Waals surface area contributed by atoms with Crippen LogP contribution in [-0.2, 0) is 0 Å². The normalized spacial score (nSPS) is 12.2. The summed E-state index contributed by atoms with van der Waals surface area (Å²) in [4.78, 5) is 4.68. The molecule has 1 unspecified atom stereocenters. The number of ether oxygens (including phenoxy) is 2. The molecular formula is C21H28BrN5O2. The van der Waals surface area contributed by atoms with Crippen LogP contribution in [0.4, 0.5) is 11.5 Å².